The Morgan fingerprint density at radius 3 is 2.71 bits per heavy atom. The van der Waals surface area contributed by atoms with Crippen LogP contribution in [0.5, 0.6) is 0 Å². The van der Waals surface area contributed by atoms with E-state index < -0.39 is 0 Å². The first kappa shape index (κ1) is 16.5. The molecule has 1 aromatic heterocycles. The topological polar surface area (TPSA) is 29.9 Å². The van der Waals surface area contributed by atoms with E-state index in [9.17, 15) is 0 Å². The Kier molecular flexibility index (Phi) is 5.47. The number of nitrogens with one attached hydrogen (secondary N) is 1. The van der Waals surface area contributed by atoms with Crippen molar-refractivity contribution in [3.05, 3.63) is 50.7 Å². The molecule has 114 valence electrons. The molecule has 1 unspecified atom stereocenters. The maximum atomic E-state index is 6.43. The summed E-state index contributed by atoms with van der Waals surface area (Å²) < 4.78 is 3.10. The highest BCUT2D eigenvalue weighted by molar-refractivity contribution is 9.10. The largest absolute Gasteiger partial charge is 0.305 e. The van der Waals surface area contributed by atoms with Crippen molar-refractivity contribution in [1.82, 2.24) is 15.1 Å². The normalized spacial score (nSPS) is 12.9. The van der Waals surface area contributed by atoms with E-state index in [0.29, 0.717) is 5.02 Å². The fraction of sp³-hybridized carbons (Fsp3) is 0.438. The van der Waals surface area contributed by atoms with E-state index >= 15 is 0 Å². The molecule has 0 saturated heterocycles. The maximum absolute atomic E-state index is 6.43. The van der Waals surface area contributed by atoms with Crippen LogP contribution in [0.4, 0.5) is 0 Å². The number of hydrogen-bond acceptors (Lipinski definition) is 2. The first-order valence-electron chi connectivity index (χ1n) is 7.18. The van der Waals surface area contributed by atoms with Crippen molar-refractivity contribution < 1.29 is 0 Å². The molecule has 1 atom stereocenters. The molecular formula is C16H21BrClN3. The fourth-order valence-corrected chi connectivity index (χ4v) is 3.15. The van der Waals surface area contributed by atoms with Crippen LogP contribution in [0.1, 0.15) is 49.7 Å². The third kappa shape index (κ3) is 3.33. The second kappa shape index (κ2) is 6.95. The van der Waals surface area contributed by atoms with Crippen LogP contribution in [-0.4, -0.2) is 16.3 Å². The molecule has 0 radical (unpaired) electrons. The van der Waals surface area contributed by atoms with Crippen molar-refractivity contribution in [2.75, 3.05) is 6.54 Å². The summed E-state index contributed by atoms with van der Waals surface area (Å²) in [5, 5.41) is 8.67. The van der Waals surface area contributed by atoms with Gasteiger partial charge < -0.3 is 5.32 Å². The Morgan fingerprint density at radius 2 is 2.10 bits per heavy atom. The van der Waals surface area contributed by atoms with Crippen LogP contribution < -0.4 is 5.32 Å². The van der Waals surface area contributed by atoms with Crippen LogP contribution in [0.25, 0.3) is 0 Å². The Labute approximate surface area is 139 Å². The number of rotatable bonds is 5. The molecule has 0 bridgehead atoms. The van der Waals surface area contributed by atoms with Crippen LogP contribution in [0.15, 0.2) is 28.9 Å². The molecule has 21 heavy (non-hydrogen) atoms. The van der Waals surface area contributed by atoms with Gasteiger partial charge in [-0.3, -0.25) is 4.68 Å². The monoisotopic (exact) mass is 369 g/mol. The Bertz CT molecular complexity index is 622. The van der Waals surface area contributed by atoms with E-state index in [0.717, 1.165) is 16.7 Å². The summed E-state index contributed by atoms with van der Waals surface area (Å²) in [4.78, 5) is 0. The molecule has 0 aliphatic heterocycles. The number of hydrogen-bond donors (Lipinski definition) is 1. The SMILES string of the molecule is CCNC(c1cccc(Br)c1C)c1c(Cl)cnn1C(C)C. The lowest BCUT2D eigenvalue weighted by Gasteiger charge is -2.24. The van der Waals surface area contributed by atoms with Crippen molar-refractivity contribution in [1.29, 1.82) is 0 Å². The second-order valence-electron chi connectivity index (χ2n) is 5.36. The predicted molar refractivity (Wildman–Crippen MR) is 92.0 cm³/mol. The van der Waals surface area contributed by atoms with Gasteiger partial charge in [-0.2, -0.15) is 5.10 Å². The first-order valence-corrected chi connectivity index (χ1v) is 8.35. The standard InChI is InChI=1S/C16H21BrClN3/c1-5-19-15(12-7-6-8-13(17)11(12)4)16-14(18)9-20-21(16)10(2)3/h6-10,15,19H,5H2,1-4H3. The van der Waals surface area contributed by atoms with Crippen LogP contribution in [0.2, 0.25) is 5.02 Å². The van der Waals surface area contributed by atoms with Gasteiger partial charge in [0.25, 0.3) is 0 Å². The van der Waals surface area contributed by atoms with Crippen molar-refractivity contribution >= 4 is 27.5 Å². The summed E-state index contributed by atoms with van der Waals surface area (Å²) in [5.74, 6) is 0. The lowest BCUT2D eigenvalue weighted by Crippen LogP contribution is -2.26. The Balaban J connectivity index is 2.59. The third-order valence-corrected chi connectivity index (χ3v) is 4.73. The molecule has 0 aliphatic rings. The third-order valence-electron chi connectivity index (χ3n) is 3.58. The summed E-state index contributed by atoms with van der Waals surface area (Å²) in [6, 6.07) is 6.55. The van der Waals surface area contributed by atoms with E-state index in [1.165, 1.54) is 11.1 Å². The van der Waals surface area contributed by atoms with Crippen LogP contribution in [-0.2, 0) is 0 Å². The van der Waals surface area contributed by atoms with E-state index in [4.69, 9.17) is 11.6 Å². The molecule has 2 rings (SSSR count). The van der Waals surface area contributed by atoms with E-state index in [1.807, 2.05) is 4.68 Å². The van der Waals surface area contributed by atoms with Gasteiger partial charge in [-0.25, -0.2) is 0 Å². The second-order valence-corrected chi connectivity index (χ2v) is 6.62. The Morgan fingerprint density at radius 1 is 1.38 bits per heavy atom. The summed E-state index contributed by atoms with van der Waals surface area (Å²) in [5.41, 5.74) is 3.46. The first-order chi connectivity index (χ1) is 9.97. The van der Waals surface area contributed by atoms with Gasteiger partial charge >= 0.3 is 0 Å². The lowest BCUT2D eigenvalue weighted by atomic mass is 9.98. The molecule has 1 N–H and O–H groups in total. The average molecular weight is 371 g/mol. The fourth-order valence-electron chi connectivity index (χ4n) is 2.53. The van der Waals surface area contributed by atoms with Crippen molar-refractivity contribution in [3.63, 3.8) is 0 Å². The highest BCUT2D eigenvalue weighted by atomic mass is 79.9. The van der Waals surface area contributed by atoms with Crippen molar-refractivity contribution in [3.8, 4) is 0 Å². The van der Waals surface area contributed by atoms with Gasteiger partial charge in [-0.05, 0) is 44.5 Å². The Hall–Kier alpha value is -0.840. The minimum Gasteiger partial charge on any atom is -0.305 e. The highest BCUT2D eigenvalue weighted by Crippen LogP contribution is 2.33. The molecule has 0 amide bonds. The predicted octanol–water partition coefficient (Wildman–Crippen LogP) is 4.89. The molecule has 0 aliphatic carbocycles. The lowest BCUT2D eigenvalue weighted by molar-refractivity contribution is 0.475. The molecule has 1 aromatic carbocycles. The minimum absolute atomic E-state index is 0.0323. The molecular weight excluding hydrogens is 350 g/mol. The van der Waals surface area contributed by atoms with E-state index in [1.54, 1.807) is 6.20 Å². The van der Waals surface area contributed by atoms with Crippen LogP contribution >= 0.6 is 27.5 Å². The minimum atomic E-state index is 0.0323. The summed E-state index contributed by atoms with van der Waals surface area (Å²) in [7, 11) is 0. The van der Waals surface area contributed by atoms with Gasteiger partial charge in [-0.1, -0.05) is 46.6 Å². The molecule has 0 spiro atoms. The molecule has 1 heterocycles. The smallest absolute Gasteiger partial charge is 0.0837 e. The van der Waals surface area contributed by atoms with Gasteiger partial charge in [0.15, 0.2) is 0 Å². The summed E-state index contributed by atoms with van der Waals surface area (Å²) in [6.45, 7) is 9.31. The van der Waals surface area contributed by atoms with Gasteiger partial charge in [0, 0.05) is 10.5 Å². The molecule has 5 heteroatoms. The number of aromatic nitrogens is 2. The number of benzene rings is 1. The zero-order chi connectivity index (χ0) is 15.6. The van der Waals surface area contributed by atoms with E-state index in [-0.39, 0.29) is 12.1 Å². The number of halogens is 2. The zero-order valence-electron chi connectivity index (χ0n) is 12.8. The van der Waals surface area contributed by atoms with Crippen LogP contribution in [0.3, 0.4) is 0 Å². The van der Waals surface area contributed by atoms with Gasteiger partial charge in [0.05, 0.1) is 23.0 Å². The molecule has 2 aromatic rings. The number of nitrogens with zero attached hydrogens (tertiary/aromatic N) is 2. The molecule has 3 nitrogen and oxygen atoms in total. The van der Waals surface area contributed by atoms with Gasteiger partial charge in [0.1, 0.15) is 0 Å². The summed E-state index contributed by atoms with van der Waals surface area (Å²) in [6.07, 6.45) is 1.73. The maximum Gasteiger partial charge on any atom is 0.0837 e. The molecule has 0 fully saturated rings. The van der Waals surface area contributed by atoms with Gasteiger partial charge in [-0.15, -0.1) is 0 Å². The average Bonchev–Trinajstić information content (AvgIpc) is 2.82. The summed E-state index contributed by atoms with van der Waals surface area (Å²) >= 11 is 10.0. The van der Waals surface area contributed by atoms with Crippen molar-refractivity contribution in [2.24, 2.45) is 0 Å². The highest BCUT2D eigenvalue weighted by Gasteiger charge is 2.24. The van der Waals surface area contributed by atoms with E-state index in [2.05, 4.69) is 72.2 Å². The van der Waals surface area contributed by atoms with Crippen LogP contribution in [0, 0.1) is 6.92 Å². The quantitative estimate of drug-likeness (QED) is 0.812. The molecule has 0 saturated carbocycles. The van der Waals surface area contributed by atoms with Crippen molar-refractivity contribution in [2.45, 2.75) is 39.8 Å². The zero-order valence-corrected chi connectivity index (χ0v) is 15.2. The van der Waals surface area contributed by atoms with Gasteiger partial charge in [0.2, 0.25) is 0 Å².